The quantitative estimate of drug-likeness (QED) is 0.814. The van der Waals surface area contributed by atoms with E-state index >= 15 is 0 Å². The molecule has 2 N–H and O–H groups in total. The fourth-order valence-electron chi connectivity index (χ4n) is 1.93. The molecule has 21 heavy (non-hydrogen) atoms. The first-order valence-corrected chi connectivity index (χ1v) is 8.25. The van der Waals surface area contributed by atoms with Crippen molar-refractivity contribution >= 4 is 31.9 Å². The largest absolute Gasteiger partial charge is 0.465 e. The first-order valence-electron chi connectivity index (χ1n) is 5.64. The van der Waals surface area contributed by atoms with Crippen LogP contribution in [0.2, 0.25) is 0 Å². The van der Waals surface area contributed by atoms with Gasteiger partial charge in [0.25, 0.3) is 0 Å². The Balaban J connectivity index is 3.37. The molecule has 0 bridgehead atoms. The van der Waals surface area contributed by atoms with E-state index in [4.69, 9.17) is 10.4 Å². The lowest BCUT2D eigenvalue weighted by Crippen LogP contribution is -2.48. The third kappa shape index (κ3) is 4.68. The van der Waals surface area contributed by atoms with E-state index in [-0.39, 0.29) is 5.56 Å². The van der Waals surface area contributed by atoms with Gasteiger partial charge < -0.3 is 10.4 Å². The first kappa shape index (κ1) is 17.4. The lowest BCUT2D eigenvalue weighted by Gasteiger charge is -2.30. The molecule has 1 rings (SSSR count). The summed E-state index contributed by atoms with van der Waals surface area (Å²) in [5.74, 6) is -2.26. The van der Waals surface area contributed by atoms with Crippen LogP contribution in [0.1, 0.15) is 12.5 Å². The van der Waals surface area contributed by atoms with Gasteiger partial charge in [-0.15, -0.1) is 0 Å². The molecule has 1 unspecified atom stereocenters. The van der Waals surface area contributed by atoms with Crippen LogP contribution in [0.25, 0.3) is 0 Å². The third-order valence-electron chi connectivity index (χ3n) is 2.70. The molecule has 1 aromatic carbocycles. The van der Waals surface area contributed by atoms with E-state index in [1.807, 2.05) is 5.32 Å². The summed E-state index contributed by atoms with van der Waals surface area (Å²) in [4.78, 5) is 10.9. The van der Waals surface area contributed by atoms with Gasteiger partial charge >= 0.3 is 6.09 Å². The average Bonchev–Trinajstić information content (AvgIpc) is 2.30. The van der Waals surface area contributed by atoms with Crippen molar-refractivity contribution in [2.24, 2.45) is 0 Å². The fraction of sp³-hybridized carbons (Fsp3) is 0.333. The van der Waals surface area contributed by atoms with Crippen LogP contribution in [-0.2, 0) is 15.4 Å². The minimum absolute atomic E-state index is 0.124. The van der Waals surface area contributed by atoms with E-state index in [0.29, 0.717) is 4.47 Å². The van der Waals surface area contributed by atoms with Crippen LogP contribution in [0.4, 0.5) is 9.18 Å². The van der Waals surface area contributed by atoms with Crippen LogP contribution in [0.15, 0.2) is 22.7 Å². The summed E-state index contributed by atoms with van der Waals surface area (Å²) in [5, 5.41) is 19.4. The first-order chi connectivity index (χ1) is 9.59. The average molecular weight is 379 g/mol. The Morgan fingerprint density at radius 2 is 2.19 bits per heavy atom. The summed E-state index contributed by atoms with van der Waals surface area (Å²) in [5.41, 5.74) is -1.84. The van der Waals surface area contributed by atoms with E-state index < -0.39 is 38.8 Å². The molecule has 1 atom stereocenters. The molecule has 114 valence electrons. The van der Waals surface area contributed by atoms with Crippen LogP contribution < -0.4 is 5.32 Å². The van der Waals surface area contributed by atoms with Crippen molar-refractivity contribution in [3.63, 3.8) is 0 Å². The van der Waals surface area contributed by atoms with Crippen molar-refractivity contribution in [3.05, 3.63) is 34.1 Å². The SMILES string of the molecule is CC(CS(=O)(=O)CC#N)(NC(=O)O)c1cc(Br)ccc1F. The van der Waals surface area contributed by atoms with E-state index in [2.05, 4.69) is 15.9 Å². The number of carboxylic acid groups (broad SMARTS) is 1. The molecule has 0 aliphatic carbocycles. The Morgan fingerprint density at radius 1 is 1.57 bits per heavy atom. The maximum Gasteiger partial charge on any atom is 0.405 e. The molecule has 0 spiro atoms. The maximum atomic E-state index is 14.0. The number of nitrogens with one attached hydrogen (secondary N) is 1. The van der Waals surface area contributed by atoms with Gasteiger partial charge in [-0.3, -0.25) is 0 Å². The molecule has 1 amide bonds. The number of amides is 1. The molecule has 0 aliphatic rings. The highest BCUT2D eigenvalue weighted by Crippen LogP contribution is 2.28. The monoisotopic (exact) mass is 378 g/mol. The number of nitrogens with zero attached hydrogens (tertiary/aromatic N) is 1. The predicted octanol–water partition coefficient (Wildman–Crippen LogP) is 2.01. The van der Waals surface area contributed by atoms with Crippen LogP contribution >= 0.6 is 15.9 Å². The van der Waals surface area contributed by atoms with Gasteiger partial charge in [-0.2, -0.15) is 5.26 Å². The van der Waals surface area contributed by atoms with Crippen molar-refractivity contribution in [1.29, 1.82) is 5.26 Å². The van der Waals surface area contributed by atoms with Crippen molar-refractivity contribution in [2.75, 3.05) is 11.5 Å². The van der Waals surface area contributed by atoms with Gasteiger partial charge in [0.1, 0.15) is 11.6 Å². The molecule has 0 aromatic heterocycles. The summed E-state index contributed by atoms with van der Waals surface area (Å²) in [6.07, 6.45) is -1.50. The number of hydrogen-bond donors (Lipinski definition) is 2. The zero-order valence-corrected chi connectivity index (χ0v) is 13.3. The molecule has 0 saturated heterocycles. The number of carbonyl (C=O) groups is 1. The molecule has 0 heterocycles. The normalized spacial score (nSPS) is 14.0. The van der Waals surface area contributed by atoms with Crippen LogP contribution in [-0.4, -0.2) is 31.1 Å². The van der Waals surface area contributed by atoms with Gasteiger partial charge in [0.2, 0.25) is 0 Å². The highest BCUT2D eigenvalue weighted by atomic mass is 79.9. The molecule has 0 aliphatic heterocycles. The molecule has 0 radical (unpaired) electrons. The summed E-state index contributed by atoms with van der Waals surface area (Å²) >= 11 is 3.12. The van der Waals surface area contributed by atoms with E-state index in [1.165, 1.54) is 25.1 Å². The molecular formula is C12H12BrFN2O4S. The second kappa shape index (κ2) is 6.41. The number of rotatable bonds is 5. The van der Waals surface area contributed by atoms with Crippen molar-refractivity contribution < 1.29 is 22.7 Å². The number of hydrogen-bond acceptors (Lipinski definition) is 4. The Kier molecular flexibility index (Phi) is 5.31. The Morgan fingerprint density at radius 3 is 2.71 bits per heavy atom. The van der Waals surface area contributed by atoms with Crippen LogP contribution in [0.3, 0.4) is 0 Å². The molecule has 9 heteroatoms. The summed E-state index contributed by atoms with van der Waals surface area (Å²) in [6.45, 7) is 1.25. The second-order valence-electron chi connectivity index (χ2n) is 4.58. The van der Waals surface area contributed by atoms with Gasteiger partial charge in [0.15, 0.2) is 9.84 Å². The third-order valence-corrected chi connectivity index (χ3v) is 4.78. The van der Waals surface area contributed by atoms with Crippen molar-refractivity contribution in [3.8, 4) is 6.07 Å². The number of benzene rings is 1. The highest BCUT2D eigenvalue weighted by molar-refractivity contribution is 9.10. The standard InChI is InChI=1S/C12H12BrFN2O4S/c1-12(16-11(17)18,7-21(19,20)5-4-15)9-6-8(13)2-3-10(9)14/h2-3,6,16H,5,7H2,1H3,(H,17,18). The topological polar surface area (TPSA) is 107 Å². The zero-order chi connectivity index (χ0) is 16.3. The molecule has 6 nitrogen and oxygen atoms in total. The van der Waals surface area contributed by atoms with E-state index in [0.717, 1.165) is 6.07 Å². The van der Waals surface area contributed by atoms with Gasteiger partial charge in [-0.05, 0) is 25.1 Å². The van der Waals surface area contributed by atoms with E-state index in [9.17, 15) is 17.6 Å². The van der Waals surface area contributed by atoms with Crippen molar-refractivity contribution in [2.45, 2.75) is 12.5 Å². The Labute approximate surface area is 129 Å². The summed E-state index contributed by atoms with van der Waals surface area (Å²) in [7, 11) is -3.88. The van der Waals surface area contributed by atoms with Gasteiger partial charge in [-0.25, -0.2) is 17.6 Å². The Bertz CT molecular complexity index is 702. The second-order valence-corrected chi connectivity index (χ2v) is 7.56. The predicted molar refractivity (Wildman–Crippen MR) is 76.9 cm³/mol. The van der Waals surface area contributed by atoms with Crippen LogP contribution in [0, 0.1) is 17.1 Å². The minimum atomic E-state index is -3.88. The highest BCUT2D eigenvalue weighted by Gasteiger charge is 2.36. The smallest absolute Gasteiger partial charge is 0.405 e. The maximum absolute atomic E-state index is 14.0. The van der Waals surface area contributed by atoms with E-state index in [1.54, 1.807) is 0 Å². The molecule has 0 fully saturated rings. The fourth-order valence-corrected chi connectivity index (χ4v) is 3.69. The lowest BCUT2D eigenvalue weighted by atomic mass is 9.93. The molecule has 1 aromatic rings. The van der Waals surface area contributed by atoms with Gasteiger partial charge in [-0.1, -0.05) is 15.9 Å². The lowest BCUT2D eigenvalue weighted by molar-refractivity contribution is 0.182. The number of sulfone groups is 1. The molecular weight excluding hydrogens is 367 g/mol. The van der Waals surface area contributed by atoms with Crippen molar-refractivity contribution in [1.82, 2.24) is 5.32 Å². The summed E-state index contributed by atoms with van der Waals surface area (Å²) in [6, 6.07) is 5.30. The number of halogens is 2. The van der Waals surface area contributed by atoms with Gasteiger partial charge in [0, 0.05) is 10.0 Å². The summed E-state index contributed by atoms with van der Waals surface area (Å²) < 4.78 is 38.0. The Hall–Kier alpha value is -1.66. The zero-order valence-electron chi connectivity index (χ0n) is 10.9. The minimum Gasteiger partial charge on any atom is -0.465 e. The number of nitriles is 1. The van der Waals surface area contributed by atoms with Gasteiger partial charge in [0.05, 0.1) is 17.4 Å². The van der Waals surface area contributed by atoms with Crippen LogP contribution in [0.5, 0.6) is 0 Å². The molecule has 0 saturated carbocycles.